The Hall–Kier alpha value is -3.74. The van der Waals surface area contributed by atoms with Gasteiger partial charge in [0.1, 0.15) is 5.69 Å². The van der Waals surface area contributed by atoms with Gasteiger partial charge in [-0.25, -0.2) is 0 Å². The second kappa shape index (κ2) is 10.7. The molecule has 0 fully saturated rings. The molecule has 2 rings (SSSR count). The summed E-state index contributed by atoms with van der Waals surface area (Å²) >= 11 is 6.08. The Bertz CT molecular complexity index is 1060. The second-order valence-corrected chi connectivity index (χ2v) is 6.82. The lowest BCUT2D eigenvalue weighted by molar-refractivity contribution is -0.384. The van der Waals surface area contributed by atoms with E-state index in [0.717, 1.165) is 6.07 Å². The van der Waals surface area contributed by atoms with Gasteiger partial charge in [-0.1, -0.05) is 11.6 Å². The molecule has 0 saturated heterocycles. The van der Waals surface area contributed by atoms with E-state index in [0.29, 0.717) is 12.1 Å². The van der Waals surface area contributed by atoms with Crippen LogP contribution in [0.15, 0.2) is 30.3 Å². The molecule has 178 valence electrons. The van der Waals surface area contributed by atoms with Crippen molar-refractivity contribution in [2.45, 2.75) is 6.18 Å². The van der Waals surface area contributed by atoms with Crippen LogP contribution in [-0.4, -0.2) is 43.5 Å². The van der Waals surface area contributed by atoms with Gasteiger partial charge in [0.15, 0.2) is 18.1 Å². The molecule has 0 atom stereocenters. The summed E-state index contributed by atoms with van der Waals surface area (Å²) in [6.45, 7) is -0.511. The number of nitrogens with zero attached hydrogens (tertiary/aromatic N) is 1. The summed E-state index contributed by atoms with van der Waals surface area (Å²) in [6.07, 6.45) is -4.72. The first-order valence-corrected chi connectivity index (χ1v) is 9.48. The standard InChI is InChI=1S/C19H18ClF3N4O6/c1-32-15-7-10(6-12(20)17(15)33-9-16(24)28)18(29)26-5-4-25-13-3-2-11(19(21,22)23)8-14(13)27(30)31/h2-3,6-8,25H,4-5,9H2,1H3,(H2,24,28)(H,26,29). The van der Waals surface area contributed by atoms with Crippen molar-refractivity contribution in [3.8, 4) is 11.5 Å². The normalized spacial score (nSPS) is 10.9. The van der Waals surface area contributed by atoms with Crippen LogP contribution in [0.1, 0.15) is 15.9 Å². The molecule has 0 aliphatic rings. The van der Waals surface area contributed by atoms with Crippen LogP contribution in [0.4, 0.5) is 24.5 Å². The van der Waals surface area contributed by atoms with Crippen molar-refractivity contribution >= 4 is 34.8 Å². The molecule has 2 amide bonds. The minimum atomic E-state index is -4.72. The summed E-state index contributed by atoms with van der Waals surface area (Å²) in [7, 11) is 1.30. The molecule has 0 aromatic heterocycles. The Labute approximate surface area is 189 Å². The number of primary amides is 1. The van der Waals surface area contributed by atoms with E-state index in [9.17, 15) is 32.9 Å². The molecule has 0 aliphatic carbocycles. The maximum absolute atomic E-state index is 12.8. The highest BCUT2D eigenvalue weighted by atomic mass is 35.5. The Morgan fingerprint density at radius 3 is 2.48 bits per heavy atom. The van der Waals surface area contributed by atoms with Gasteiger partial charge in [-0.2, -0.15) is 13.2 Å². The second-order valence-electron chi connectivity index (χ2n) is 6.41. The summed E-state index contributed by atoms with van der Waals surface area (Å²) < 4.78 is 48.6. The van der Waals surface area contributed by atoms with E-state index in [-0.39, 0.29) is 40.9 Å². The average Bonchev–Trinajstić information content (AvgIpc) is 2.74. The SMILES string of the molecule is COc1cc(C(=O)NCCNc2ccc(C(F)(F)F)cc2[N+](=O)[O-])cc(Cl)c1OCC(N)=O. The minimum absolute atomic E-state index is 0.0146. The van der Waals surface area contributed by atoms with E-state index in [1.54, 1.807) is 0 Å². The quantitative estimate of drug-likeness (QED) is 0.263. The van der Waals surface area contributed by atoms with Crippen LogP contribution < -0.4 is 25.8 Å². The monoisotopic (exact) mass is 490 g/mol. The van der Waals surface area contributed by atoms with Crippen LogP contribution in [0.3, 0.4) is 0 Å². The third-order valence-electron chi connectivity index (χ3n) is 4.10. The maximum Gasteiger partial charge on any atom is 0.416 e. The fourth-order valence-corrected chi connectivity index (χ4v) is 2.88. The predicted molar refractivity (Wildman–Crippen MR) is 112 cm³/mol. The first-order valence-electron chi connectivity index (χ1n) is 9.10. The van der Waals surface area contributed by atoms with Crippen LogP contribution in [0.2, 0.25) is 5.02 Å². The molecule has 0 bridgehead atoms. The molecule has 33 heavy (non-hydrogen) atoms. The molecule has 2 aromatic carbocycles. The molecular weight excluding hydrogens is 473 g/mol. The number of anilines is 1. The first kappa shape index (κ1) is 25.5. The van der Waals surface area contributed by atoms with Crippen molar-refractivity contribution in [3.05, 3.63) is 56.6 Å². The molecule has 10 nitrogen and oxygen atoms in total. The third kappa shape index (κ3) is 6.87. The van der Waals surface area contributed by atoms with Gasteiger partial charge < -0.3 is 25.8 Å². The van der Waals surface area contributed by atoms with Crippen LogP contribution >= 0.6 is 11.6 Å². The molecular formula is C19H18ClF3N4O6. The van der Waals surface area contributed by atoms with E-state index in [1.165, 1.54) is 19.2 Å². The smallest absolute Gasteiger partial charge is 0.416 e. The number of methoxy groups -OCH3 is 1. The lowest BCUT2D eigenvalue weighted by Gasteiger charge is -2.14. The number of nitro benzene ring substituents is 1. The summed E-state index contributed by atoms with van der Waals surface area (Å²) in [5, 5.41) is 16.2. The Balaban J connectivity index is 2.03. The van der Waals surface area contributed by atoms with E-state index in [2.05, 4.69) is 10.6 Å². The number of hydrogen-bond donors (Lipinski definition) is 3. The maximum atomic E-state index is 12.8. The molecule has 0 heterocycles. The summed E-state index contributed by atoms with van der Waals surface area (Å²) in [6, 6.07) is 4.66. The van der Waals surface area contributed by atoms with Gasteiger partial charge in [0.05, 0.1) is 22.6 Å². The zero-order chi connectivity index (χ0) is 24.8. The average molecular weight is 491 g/mol. The largest absolute Gasteiger partial charge is 0.493 e. The van der Waals surface area contributed by atoms with Crippen molar-refractivity contribution in [2.24, 2.45) is 5.73 Å². The van der Waals surface area contributed by atoms with Crippen molar-refractivity contribution in [1.29, 1.82) is 0 Å². The topological polar surface area (TPSA) is 146 Å². The first-order chi connectivity index (χ1) is 15.4. The zero-order valence-corrected chi connectivity index (χ0v) is 17.7. The lowest BCUT2D eigenvalue weighted by Crippen LogP contribution is -2.29. The van der Waals surface area contributed by atoms with Gasteiger partial charge >= 0.3 is 6.18 Å². The van der Waals surface area contributed by atoms with E-state index in [1.807, 2.05) is 0 Å². The number of nitro groups is 1. The van der Waals surface area contributed by atoms with E-state index < -0.39 is 40.8 Å². The Kier molecular flexibility index (Phi) is 8.29. The zero-order valence-electron chi connectivity index (χ0n) is 17.0. The van der Waals surface area contributed by atoms with Crippen LogP contribution in [-0.2, 0) is 11.0 Å². The fraction of sp³-hybridized carbons (Fsp3) is 0.263. The van der Waals surface area contributed by atoms with Gasteiger partial charge in [0.25, 0.3) is 17.5 Å². The summed E-state index contributed by atoms with van der Waals surface area (Å²) in [5.74, 6) is -1.23. The van der Waals surface area contributed by atoms with Crippen LogP contribution in [0, 0.1) is 10.1 Å². The number of nitrogens with two attached hydrogens (primary N) is 1. The van der Waals surface area contributed by atoms with Crippen LogP contribution in [0.5, 0.6) is 11.5 Å². The number of hydrogen-bond acceptors (Lipinski definition) is 7. The number of rotatable bonds is 10. The molecule has 0 radical (unpaired) electrons. The summed E-state index contributed by atoms with van der Waals surface area (Å²) in [4.78, 5) is 33.4. The fourth-order valence-electron chi connectivity index (χ4n) is 2.62. The van der Waals surface area contributed by atoms with Gasteiger partial charge in [-0.15, -0.1) is 0 Å². The number of halogens is 4. The predicted octanol–water partition coefficient (Wildman–Crippen LogP) is 2.98. The van der Waals surface area contributed by atoms with E-state index in [4.69, 9.17) is 26.8 Å². The van der Waals surface area contributed by atoms with Gasteiger partial charge in [0.2, 0.25) is 0 Å². The number of nitrogens with one attached hydrogen (secondary N) is 2. The third-order valence-corrected chi connectivity index (χ3v) is 4.38. The molecule has 2 aromatic rings. The highest BCUT2D eigenvalue weighted by Crippen LogP contribution is 2.37. The molecule has 14 heteroatoms. The molecule has 0 aliphatic heterocycles. The number of carbonyl (C=O) groups is 2. The van der Waals surface area contributed by atoms with Crippen molar-refractivity contribution in [2.75, 3.05) is 32.1 Å². The van der Waals surface area contributed by atoms with Gasteiger partial charge in [-0.05, 0) is 24.3 Å². The number of ether oxygens (including phenoxy) is 2. The van der Waals surface area contributed by atoms with Crippen molar-refractivity contribution < 1.29 is 37.2 Å². The minimum Gasteiger partial charge on any atom is -0.493 e. The van der Waals surface area contributed by atoms with Gasteiger partial charge in [0, 0.05) is 24.7 Å². The molecule has 0 unspecified atom stereocenters. The Morgan fingerprint density at radius 1 is 1.21 bits per heavy atom. The summed E-state index contributed by atoms with van der Waals surface area (Å²) in [5.41, 5.74) is 3.07. The van der Waals surface area contributed by atoms with Gasteiger partial charge in [-0.3, -0.25) is 19.7 Å². The van der Waals surface area contributed by atoms with Crippen molar-refractivity contribution in [3.63, 3.8) is 0 Å². The van der Waals surface area contributed by atoms with E-state index >= 15 is 0 Å². The molecule has 0 saturated carbocycles. The molecule has 4 N–H and O–H groups in total. The highest BCUT2D eigenvalue weighted by molar-refractivity contribution is 6.32. The number of alkyl halides is 3. The number of amides is 2. The number of carbonyl (C=O) groups excluding carboxylic acids is 2. The Morgan fingerprint density at radius 2 is 1.91 bits per heavy atom. The lowest BCUT2D eigenvalue weighted by atomic mass is 10.1. The highest BCUT2D eigenvalue weighted by Gasteiger charge is 2.33. The van der Waals surface area contributed by atoms with Crippen LogP contribution in [0.25, 0.3) is 0 Å². The number of benzene rings is 2. The molecule has 0 spiro atoms. The van der Waals surface area contributed by atoms with Crippen molar-refractivity contribution in [1.82, 2.24) is 5.32 Å².